The van der Waals surface area contributed by atoms with Crippen molar-refractivity contribution in [2.45, 2.75) is 64.4 Å². The third kappa shape index (κ3) is 4.09. The lowest BCUT2D eigenvalue weighted by molar-refractivity contribution is -0.122. The highest BCUT2D eigenvalue weighted by Gasteiger charge is 2.41. The predicted octanol–water partition coefficient (Wildman–Crippen LogP) is 5.62. The molecule has 0 atom stereocenters. The van der Waals surface area contributed by atoms with Crippen LogP contribution in [0.25, 0.3) is 0 Å². The minimum atomic E-state index is -0.418. The number of anilines is 1. The van der Waals surface area contributed by atoms with Crippen molar-refractivity contribution < 1.29 is 9.53 Å². The molecule has 0 aliphatic heterocycles. The molecule has 0 radical (unpaired) electrons. The molecule has 0 unspecified atom stereocenters. The van der Waals surface area contributed by atoms with Crippen molar-refractivity contribution in [2.24, 2.45) is 0 Å². The number of benzene rings is 2. The fraction of sp³-hybridized carbons (Fsp3) is 0.435. The largest absolute Gasteiger partial charge is 0.491 e. The number of hydrogen-bond acceptors (Lipinski definition) is 2. The number of rotatable bonds is 5. The second kappa shape index (κ2) is 7.94. The summed E-state index contributed by atoms with van der Waals surface area (Å²) in [5.74, 6) is 0.933. The summed E-state index contributed by atoms with van der Waals surface area (Å²) in [5, 5.41) is 3.15. The molecule has 0 aromatic heterocycles. The van der Waals surface area contributed by atoms with Crippen LogP contribution in [0.4, 0.5) is 5.69 Å². The highest BCUT2D eigenvalue weighted by molar-refractivity contribution is 5.99. The quantitative estimate of drug-likeness (QED) is 0.759. The Morgan fingerprint density at radius 3 is 2.15 bits per heavy atom. The number of nitrogens with one attached hydrogen (secondary N) is 1. The van der Waals surface area contributed by atoms with Crippen LogP contribution < -0.4 is 10.1 Å². The van der Waals surface area contributed by atoms with Crippen molar-refractivity contribution in [3.8, 4) is 5.75 Å². The van der Waals surface area contributed by atoms with Crippen LogP contribution in [0, 0.1) is 6.92 Å². The van der Waals surface area contributed by atoms with Gasteiger partial charge in [0.05, 0.1) is 11.5 Å². The Kier molecular flexibility index (Phi) is 5.65. The Bertz CT molecular complexity index is 726. The maximum Gasteiger partial charge on any atom is 0.235 e. The molecule has 138 valence electrons. The summed E-state index contributed by atoms with van der Waals surface area (Å²) in [7, 11) is 0. The third-order valence-corrected chi connectivity index (χ3v) is 5.23. The van der Waals surface area contributed by atoms with Gasteiger partial charge in [-0.15, -0.1) is 0 Å². The van der Waals surface area contributed by atoms with E-state index in [1.807, 2.05) is 38.1 Å². The van der Waals surface area contributed by atoms with Crippen molar-refractivity contribution in [2.75, 3.05) is 5.32 Å². The lowest BCUT2D eigenvalue weighted by Gasteiger charge is -2.36. The molecule has 1 aliphatic carbocycles. The zero-order valence-electron chi connectivity index (χ0n) is 16.0. The zero-order valence-corrected chi connectivity index (χ0v) is 16.0. The predicted molar refractivity (Wildman–Crippen MR) is 107 cm³/mol. The SMILES string of the molecule is Cc1ccc(C2(C(=O)Nc3ccc(OC(C)C)cc3)CCCCC2)cc1. The standard InChI is InChI=1S/C23H29NO2/c1-17(2)26-21-13-11-20(12-14-21)24-22(25)23(15-5-4-6-16-23)19-9-7-18(3)8-10-19/h7-14,17H,4-6,15-16H2,1-3H3,(H,24,25). The molecule has 0 spiro atoms. The maximum absolute atomic E-state index is 13.3. The minimum Gasteiger partial charge on any atom is -0.491 e. The maximum atomic E-state index is 13.3. The van der Waals surface area contributed by atoms with Gasteiger partial charge in [-0.2, -0.15) is 0 Å². The van der Waals surface area contributed by atoms with Crippen LogP contribution >= 0.6 is 0 Å². The van der Waals surface area contributed by atoms with Crippen LogP contribution in [-0.4, -0.2) is 12.0 Å². The molecule has 1 N–H and O–H groups in total. The second-order valence-electron chi connectivity index (χ2n) is 7.65. The summed E-state index contributed by atoms with van der Waals surface area (Å²) >= 11 is 0. The van der Waals surface area contributed by atoms with Crippen molar-refractivity contribution in [3.05, 3.63) is 59.7 Å². The molecular weight excluding hydrogens is 322 g/mol. The minimum absolute atomic E-state index is 0.110. The van der Waals surface area contributed by atoms with E-state index in [-0.39, 0.29) is 12.0 Å². The number of carbonyl (C=O) groups excluding carboxylic acids is 1. The smallest absolute Gasteiger partial charge is 0.235 e. The first-order valence-corrected chi connectivity index (χ1v) is 9.65. The van der Waals surface area contributed by atoms with E-state index in [0.29, 0.717) is 0 Å². The lowest BCUT2D eigenvalue weighted by atomic mass is 9.68. The first-order chi connectivity index (χ1) is 12.5. The van der Waals surface area contributed by atoms with Gasteiger partial charge >= 0.3 is 0 Å². The van der Waals surface area contributed by atoms with Crippen LogP contribution in [0.2, 0.25) is 0 Å². The number of carbonyl (C=O) groups is 1. The molecule has 1 amide bonds. The topological polar surface area (TPSA) is 38.3 Å². The molecule has 1 saturated carbocycles. The molecule has 0 bridgehead atoms. The van der Waals surface area contributed by atoms with E-state index in [0.717, 1.165) is 42.7 Å². The zero-order chi connectivity index (χ0) is 18.6. The van der Waals surface area contributed by atoms with E-state index in [1.54, 1.807) is 0 Å². The van der Waals surface area contributed by atoms with Crippen molar-refractivity contribution in [1.82, 2.24) is 0 Å². The Morgan fingerprint density at radius 1 is 0.962 bits per heavy atom. The fourth-order valence-electron chi connectivity index (χ4n) is 3.81. The normalized spacial score (nSPS) is 16.3. The monoisotopic (exact) mass is 351 g/mol. The summed E-state index contributed by atoms with van der Waals surface area (Å²) in [6, 6.07) is 16.1. The van der Waals surface area contributed by atoms with Crippen LogP contribution in [-0.2, 0) is 10.2 Å². The summed E-state index contributed by atoms with van der Waals surface area (Å²) in [5.41, 5.74) is 2.77. The van der Waals surface area contributed by atoms with Crippen molar-refractivity contribution in [3.63, 3.8) is 0 Å². The summed E-state index contributed by atoms with van der Waals surface area (Å²) < 4.78 is 5.68. The molecule has 2 aromatic carbocycles. The molecule has 3 rings (SSSR count). The summed E-state index contributed by atoms with van der Waals surface area (Å²) in [6.45, 7) is 6.09. The van der Waals surface area contributed by atoms with Crippen molar-refractivity contribution in [1.29, 1.82) is 0 Å². The van der Waals surface area contributed by atoms with E-state index in [4.69, 9.17) is 4.74 Å². The van der Waals surface area contributed by atoms with E-state index in [2.05, 4.69) is 36.5 Å². The number of aryl methyl sites for hydroxylation is 1. The van der Waals surface area contributed by atoms with Crippen LogP contribution in [0.3, 0.4) is 0 Å². The van der Waals surface area contributed by atoms with Crippen LogP contribution in [0.1, 0.15) is 57.1 Å². The van der Waals surface area contributed by atoms with E-state index < -0.39 is 5.41 Å². The Labute approximate surface area is 156 Å². The lowest BCUT2D eigenvalue weighted by Crippen LogP contribution is -2.42. The molecule has 1 fully saturated rings. The Morgan fingerprint density at radius 2 is 1.58 bits per heavy atom. The Balaban J connectivity index is 1.81. The molecular formula is C23H29NO2. The summed E-state index contributed by atoms with van der Waals surface area (Å²) in [6.07, 6.45) is 5.38. The molecule has 3 heteroatoms. The fourth-order valence-corrected chi connectivity index (χ4v) is 3.81. The average molecular weight is 351 g/mol. The van der Waals surface area contributed by atoms with E-state index >= 15 is 0 Å². The van der Waals surface area contributed by atoms with Gasteiger partial charge in [-0.25, -0.2) is 0 Å². The van der Waals surface area contributed by atoms with Gasteiger partial charge in [0, 0.05) is 5.69 Å². The van der Waals surface area contributed by atoms with Gasteiger partial charge in [0.2, 0.25) is 5.91 Å². The Hall–Kier alpha value is -2.29. The molecule has 26 heavy (non-hydrogen) atoms. The first kappa shape index (κ1) is 18.5. The first-order valence-electron chi connectivity index (χ1n) is 9.65. The number of hydrogen-bond donors (Lipinski definition) is 1. The van der Waals surface area contributed by atoms with Gasteiger partial charge in [0.25, 0.3) is 0 Å². The van der Waals surface area contributed by atoms with E-state index in [1.165, 1.54) is 12.0 Å². The van der Waals surface area contributed by atoms with Gasteiger partial charge in [-0.3, -0.25) is 4.79 Å². The van der Waals surface area contributed by atoms with Gasteiger partial charge in [-0.1, -0.05) is 49.1 Å². The third-order valence-electron chi connectivity index (χ3n) is 5.23. The van der Waals surface area contributed by atoms with Crippen LogP contribution in [0.15, 0.2) is 48.5 Å². The molecule has 2 aromatic rings. The molecule has 0 saturated heterocycles. The molecule has 3 nitrogen and oxygen atoms in total. The van der Waals surface area contributed by atoms with E-state index in [9.17, 15) is 4.79 Å². The van der Waals surface area contributed by atoms with Crippen molar-refractivity contribution >= 4 is 11.6 Å². The van der Waals surface area contributed by atoms with Crippen LogP contribution in [0.5, 0.6) is 5.75 Å². The molecule has 0 heterocycles. The van der Waals surface area contributed by atoms with Gasteiger partial charge in [0.1, 0.15) is 5.75 Å². The number of amides is 1. The van der Waals surface area contributed by atoms with Gasteiger partial charge < -0.3 is 10.1 Å². The number of ether oxygens (including phenoxy) is 1. The molecule has 1 aliphatic rings. The van der Waals surface area contributed by atoms with Gasteiger partial charge in [-0.05, 0) is 63.4 Å². The average Bonchev–Trinajstić information content (AvgIpc) is 2.64. The highest BCUT2D eigenvalue weighted by atomic mass is 16.5. The summed E-state index contributed by atoms with van der Waals surface area (Å²) in [4.78, 5) is 13.3. The highest BCUT2D eigenvalue weighted by Crippen LogP contribution is 2.40. The van der Waals surface area contributed by atoms with Gasteiger partial charge in [0.15, 0.2) is 0 Å². The second-order valence-corrected chi connectivity index (χ2v) is 7.65.